The molecule has 0 aromatic heterocycles. The zero-order chi connectivity index (χ0) is 37.0. The molecule has 1 amide bonds. The summed E-state index contributed by atoms with van der Waals surface area (Å²) < 4.78 is 6.04. The lowest BCUT2D eigenvalue weighted by Gasteiger charge is -2.62. The van der Waals surface area contributed by atoms with Gasteiger partial charge >= 0.3 is 0 Å². The van der Waals surface area contributed by atoms with Gasteiger partial charge in [-0.15, -0.1) is 0 Å². The Hall–Kier alpha value is -2.53. The lowest BCUT2D eigenvalue weighted by atomic mass is 9.45. The fourth-order valence-corrected chi connectivity index (χ4v) is 9.49. The first-order valence-corrected chi connectivity index (χ1v) is 19.4. The van der Waals surface area contributed by atoms with E-state index in [4.69, 9.17) is 9.57 Å². The lowest BCUT2D eigenvalue weighted by Crippen LogP contribution is -2.62. The van der Waals surface area contributed by atoms with Crippen molar-refractivity contribution in [2.45, 2.75) is 118 Å². The number of carbonyl (C=O) groups excluding carboxylic acids is 1. The fourth-order valence-electron chi connectivity index (χ4n) is 9.49. The molecule has 1 heterocycles. The summed E-state index contributed by atoms with van der Waals surface area (Å²) in [6.07, 6.45) is 1.79. The summed E-state index contributed by atoms with van der Waals surface area (Å²) in [6, 6.07) is 16.6. The second-order valence-electron chi connectivity index (χ2n) is 17.0. The van der Waals surface area contributed by atoms with E-state index in [0.29, 0.717) is 48.3 Å². The normalized spacial score (nSPS) is 28.5. The molecular weight excluding hydrogens is 640 g/mol. The Morgan fingerprint density at radius 1 is 1.08 bits per heavy atom. The molecule has 9 atom stereocenters. The molecule has 4 aliphatic rings. The standard InChI is InChI=1S/C42H66N4O5/c1-10-50-37-17-12-11-16-32(37)24-45(34(18-27(2)3)25-44(8)9)22-30-14-13-15-31(19-30)23-46-40(39(29(5)48)38(26-47)51-46)41(49)43-36-21-33-20-35(28(36)4)42(33,6)7/h11-17,19,27-29,33-36,38-40,47-48H,10,18,20-26H2,1-9H3,(H,43,49)/t28-,29-,33-,34-,35+,36-,38-,39+,40-/m0/s1. The largest absolute Gasteiger partial charge is 0.494 e. The van der Waals surface area contributed by atoms with Crippen LogP contribution in [-0.2, 0) is 29.3 Å². The molecular formula is C42H66N4O5. The SMILES string of the molecule is CCOc1ccccc1CN(Cc1cccc(CN2O[C@@H](CO)[C@@H]([C@H](C)O)[C@H]2C(=O)N[C@H]2C[C@@H]3C[C@H]([C@@H]2C)C3(C)C)c1)[C@@H](CC(C)C)CN(C)C. The van der Waals surface area contributed by atoms with Crippen LogP contribution in [0.1, 0.15) is 84.4 Å². The molecule has 1 saturated heterocycles. The number of fused-ring (bicyclic) bond motifs is 2. The topological polar surface area (TPSA) is 97.7 Å². The summed E-state index contributed by atoms with van der Waals surface area (Å²) in [4.78, 5) is 25.3. The van der Waals surface area contributed by atoms with Gasteiger partial charge in [-0.3, -0.25) is 14.5 Å². The fraction of sp³-hybridized carbons (Fsp3) is 0.690. The van der Waals surface area contributed by atoms with Crippen LogP contribution in [0, 0.1) is 35.0 Å². The Morgan fingerprint density at radius 3 is 2.43 bits per heavy atom. The maximum atomic E-state index is 14.2. The van der Waals surface area contributed by atoms with Crippen LogP contribution in [0.2, 0.25) is 0 Å². The summed E-state index contributed by atoms with van der Waals surface area (Å²) in [5.41, 5.74) is 3.69. The number of rotatable bonds is 17. The predicted molar refractivity (Wildman–Crippen MR) is 203 cm³/mol. The number of amides is 1. The van der Waals surface area contributed by atoms with Gasteiger partial charge in [0.05, 0.1) is 25.9 Å². The molecule has 0 unspecified atom stereocenters. The molecule has 2 aromatic rings. The number of nitrogens with one attached hydrogen (secondary N) is 1. The minimum Gasteiger partial charge on any atom is -0.494 e. The molecule has 3 aliphatic carbocycles. The molecule has 3 saturated carbocycles. The van der Waals surface area contributed by atoms with E-state index in [1.165, 1.54) is 17.5 Å². The van der Waals surface area contributed by atoms with Crippen LogP contribution >= 0.6 is 0 Å². The van der Waals surface area contributed by atoms with Gasteiger partial charge in [0.15, 0.2) is 0 Å². The first-order valence-electron chi connectivity index (χ1n) is 19.4. The zero-order valence-electron chi connectivity index (χ0n) is 32.7. The molecule has 2 aromatic carbocycles. The van der Waals surface area contributed by atoms with Crippen LogP contribution in [0.4, 0.5) is 0 Å². The monoisotopic (exact) mass is 707 g/mol. The number of aliphatic hydroxyl groups is 2. The highest BCUT2D eigenvalue weighted by atomic mass is 16.7. The number of benzene rings is 2. The van der Waals surface area contributed by atoms with Gasteiger partial charge in [0.25, 0.3) is 0 Å². The molecule has 3 N–H and O–H groups in total. The molecule has 9 nitrogen and oxygen atoms in total. The summed E-state index contributed by atoms with van der Waals surface area (Å²) in [7, 11) is 4.28. The summed E-state index contributed by atoms with van der Waals surface area (Å²) in [5, 5.41) is 26.3. The number of hydrogen-bond donors (Lipinski definition) is 3. The third-order valence-corrected chi connectivity index (χ3v) is 12.3. The smallest absolute Gasteiger partial charge is 0.240 e. The van der Waals surface area contributed by atoms with Gasteiger partial charge in [-0.25, -0.2) is 0 Å². The third-order valence-electron chi connectivity index (χ3n) is 12.3. The van der Waals surface area contributed by atoms with E-state index in [0.717, 1.165) is 43.8 Å². The predicted octanol–water partition coefficient (Wildman–Crippen LogP) is 5.72. The van der Waals surface area contributed by atoms with Crippen LogP contribution in [0.15, 0.2) is 48.5 Å². The van der Waals surface area contributed by atoms with E-state index in [1.54, 1.807) is 12.0 Å². The van der Waals surface area contributed by atoms with Crippen molar-refractivity contribution in [2.24, 2.45) is 35.0 Å². The van der Waals surface area contributed by atoms with E-state index in [-0.39, 0.29) is 18.6 Å². The average molecular weight is 707 g/mol. The van der Waals surface area contributed by atoms with Crippen LogP contribution < -0.4 is 10.1 Å². The second kappa shape index (κ2) is 17.1. The van der Waals surface area contributed by atoms with E-state index in [9.17, 15) is 15.0 Å². The Kier molecular flexibility index (Phi) is 13.3. The van der Waals surface area contributed by atoms with Gasteiger partial charge < -0.3 is 25.2 Å². The van der Waals surface area contributed by atoms with Crippen molar-refractivity contribution in [3.05, 3.63) is 65.2 Å². The molecule has 6 rings (SSSR count). The maximum absolute atomic E-state index is 14.2. The minimum atomic E-state index is -0.826. The van der Waals surface area contributed by atoms with Crippen molar-refractivity contribution < 1.29 is 24.6 Å². The Bertz CT molecular complexity index is 1420. The van der Waals surface area contributed by atoms with Crippen LogP contribution in [-0.4, -0.2) is 95.2 Å². The number of carbonyl (C=O) groups is 1. The number of para-hydroxylation sites is 1. The van der Waals surface area contributed by atoms with Crippen molar-refractivity contribution in [1.82, 2.24) is 20.2 Å². The highest BCUT2D eigenvalue weighted by Crippen LogP contribution is 2.61. The molecule has 51 heavy (non-hydrogen) atoms. The third kappa shape index (κ3) is 9.17. The van der Waals surface area contributed by atoms with Crippen LogP contribution in [0.25, 0.3) is 0 Å². The highest BCUT2D eigenvalue weighted by Gasteiger charge is 2.57. The zero-order valence-corrected chi connectivity index (χ0v) is 32.7. The highest BCUT2D eigenvalue weighted by molar-refractivity contribution is 5.82. The van der Waals surface area contributed by atoms with Gasteiger partial charge in [-0.05, 0) is 93.5 Å². The molecule has 4 fully saturated rings. The molecule has 2 bridgehead atoms. The summed E-state index contributed by atoms with van der Waals surface area (Å²) in [6.45, 7) is 18.5. The second-order valence-corrected chi connectivity index (χ2v) is 17.0. The minimum absolute atomic E-state index is 0.0991. The molecule has 284 valence electrons. The van der Waals surface area contributed by atoms with Gasteiger partial charge in [0.1, 0.15) is 17.9 Å². The molecule has 9 heteroatoms. The van der Waals surface area contributed by atoms with Crippen molar-refractivity contribution in [1.29, 1.82) is 0 Å². The number of ether oxygens (including phenoxy) is 1. The lowest BCUT2D eigenvalue weighted by molar-refractivity contribution is -0.183. The van der Waals surface area contributed by atoms with Crippen LogP contribution in [0.3, 0.4) is 0 Å². The van der Waals surface area contributed by atoms with E-state index >= 15 is 0 Å². The molecule has 1 aliphatic heterocycles. The number of aliphatic hydroxyl groups excluding tert-OH is 2. The van der Waals surface area contributed by atoms with Crippen molar-refractivity contribution in [2.75, 3.05) is 33.9 Å². The van der Waals surface area contributed by atoms with Gasteiger partial charge in [0, 0.05) is 43.2 Å². The van der Waals surface area contributed by atoms with E-state index < -0.39 is 24.2 Å². The number of hydrogen-bond acceptors (Lipinski definition) is 8. The van der Waals surface area contributed by atoms with Crippen LogP contribution in [0.5, 0.6) is 5.75 Å². The quantitative estimate of drug-likeness (QED) is 0.192. The Labute approximate surface area is 307 Å². The van der Waals surface area contributed by atoms with E-state index in [1.807, 2.05) is 13.0 Å². The van der Waals surface area contributed by atoms with Gasteiger partial charge in [0.2, 0.25) is 5.91 Å². The van der Waals surface area contributed by atoms with Crippen molar-refractivity contribution in [3.63, 3.8) is 0 Å². The number of likely N-dealkylation sites (N-methyl/N-ethyl adjacent to an activating group) is 1. The maximum Gasteiger partial charge on any atom is 0.240 e. The number of nitrogens with zero attached hydrogens (tertiary/aromatic N) is 3. The Balaban J connectivity index is 1.37. The van der Waals surface area contributed by atoms with Gasteiger partial charge in [-0.2, -0.15) is 5.06 Å². The average Bonchev–Trinajstić information content (AvgIpc) is 3.44. The Morgan fingerprint density at radius 2 is 1.80 bits per heavy atom. The first-order chi connectivity index (χ1) is 24.2. The summed E-state index contributed by atoms with van der Waals surface area (Å²) >= 11 is 0. The van der Waals surface area contributed by atoms with Gasteiger partial charge in [-0.1, -0.05) is 77.1 Å². The van der Waals surface area contributed by atoms with E-state index in [2.05, 4.69) is 106 Å². The first kappa shape index (κ1) is 39.7. The van der Waals surface area contributed by atoms with Crippen molar-refractivity contribution in [3.8, 4) is 5.75 Å². The summed E-state index contributed by atoms with van der Waals surface area (Å²) in [5.74, 6) is 2.40. The molecule has 0 radical (unpaired) electrons. The molecule has 0 spiro atoms. The number of hydroxylamine groups is 2. The van der Waals surface area contributed by atoms with Crippen molar-refractivity contribution >= 4 is 5.91 Å².